The number of benzene rings is 3. The van der Waals surface area contributed by atoms with Crippen molar-refractivity contribution >= 4 is 64.9 Å². The van der Waals surface area contributed by atoms with E-state index in [-0.39, 0.29) is 36.6 Å². The Kier molecular flexibility index (Phi) is 12.9. The molecular weight excluding hydrogens is 657 g/mol. The van der Waals surface area contributed by atoms with Crippen molar-refractivity contribution < 1.29 is 14.7 Å². The summed E-state index contributed by atoms with van der Waals surface area (Å²) >= 11 is 7.57. The number of amides is 3. The standard InChI is InChI=1S/C34H36ClN7O3S.ClH/c1-3-5-25-16-23(2)17-26(32(25)44)19-36-40-31(43)21-42-14-12-41(13-15-42)20-30-22-46-33(37-30)24-8-10-28(11-9-24)38-34(45)39-29-7-4-6-27(35)18-29;/h3-4,6-11,16-19,22,44H,1,5,12-15,20-21H2,2H3,(H,40,43)(H2,38,39,45);1H/b36-19+;. The van der Waals surface area contributed by atoms with E-state index in [0.29, 0.717) is 28.4 Å². The van der Waals surface area contributed by atoms with E-state index in [0.717, 1.165) is 60.1 Å². The number of carbonyl (C=O) groups excluding carboxylic acids is 2. The molecule has 0 saturated carbocycles. The molecule has 0 spiro atoms. The predicted octanol–water partition coefficient (Wildman–Crippen LogP) is 6.54. The van der Waals surface area contributed by atoms with Gasteiger partial charge >= 0.3 is 6.03 Å². The number of aryl methyl sites for hydroxylation is 1. The number of phenols is 1. The normalized spacial score (nSPS) is 13.6. The third kappa shape index (κ3) is 10.4. The molecule has 0 radical (unpaired) electrons. The molecule has 13 heteroatoms. The topological polar surface area (TPSA) is 122 Å². The molecule has 4 N–H and O–H groups in total. The summed E-state index contributed by atoms with van der Waals surface area (Å²) in [5.74, 6) is -0.0513. The van der Waals surface area contributed by atoms with Gasteiger partial charge < -0.3 is 15.7 Å². The first-order valence-corrected chi connectivity index (χ1v) is 16.1. The largest absolute Gasteiger partial charge is 0.507 e. The Hall–Kier alpha value is -4.26. The average Bonchev–Trinajstić information content (AvgIpc) is 3.49. The van der Waals surface area contributed by atoms with Crippen molar-refractivity contribution in [1.82, 2.24) is 20.2 Å². The van der Waals surface area contributed by atoms with E-state index in [1.54, 1.807) is 41.7 Å². The summed E-state index contributed by atoms with van der Waals surface area (Å²) in [4.78, 5) is 34.1. The molecule has 4 aromatic rings. The molecule has 47 heavy (non-hydrogen) atoms. The van der Waals surface area contributed by atoms with Gasteiger partial charge in [-0.2, -0.15) is 5.10 Å². The SMILES string of the molecule is C=CCc1cc(C)cc(/C=N/NC(=O)CN2CCN(Cc3csc(-c4ccc(NC(=O)Nc5cccc(Cl)c5)cc4)n3)CC2)c1O.Cl. The number of rotatable bonds is 11. The number of carbonyl (C=O) groups is 2. The summed E-state index contributed by atoms with van der Waals surface area (Å²) < 4.78 is 0. The van der Waals surface area contributed by atoms with Gasteiger partial charge in [0.05, 0.1) is 18.5 Å². The van der Waals surface area contributed by atoms with Crippen molar-refractivity contribution in [3.05, 3.63) is 106 Å². The van der Waals surface area contributed by atoms with Crippen molar-refractivity contribution in [2.45, 2.75) is 19.9 Å². The molecule has 1 fully saturated rings. The van der Waals surface area contributed by atoms with Gasteiger partial charge in [0, 0.05) is 65.6 Å². The zero-order chi connectivity index (χ0) is 32.5. The van der Waals surface area contributed by atoms with Gasteiger partial charge in [-0.1, -0.05) is 29.8 Å². The molecule has 0 aliphatic carbocycles. The lowest BCUT2D eigenvalue weighted by Gasteiger charge is -2.33. The van der Waals surface area contributed by atoms with E-state index in [9.17, 15) is 14.7 Å². The maximum Gasteiger partial charge on any atom is 0.323 e. The zero-order valence-corrected chi connectivity index (χ0v) is 28.3. The van der Waals surface area contributed by atoms with Gasteiger partial charge in [-0.3, -0.25) is 14.6 Å². The lowest BCUT2D eigenvalue weighted by Crippen LogP contribution is -2.48. The zero-order valence-electron chi connectivity index (χ0n) is 25.9. The number of phenolic OH excluding ortho intramolecular Hbond substituents is 1. The number of hydrogen-bond acceptors (Lipinski definition) is 8. The van der Waals surface area contributed by atoms with Crippen molar-refractivity contribution in [1.29, 1.82) is 0 Å². The second kappa shape index (κ2) is 17.1. The van der Waals surface area contributed by atoms with Crippen LogP contribution in [0.5, 0.6) is 5.75 Å². The molecule has 1 aromatic heterocycles. The number of aromatic hydroxyl groups is 1. The Morgan fingerprint density at radius 1 is 1.04 bits per heavy atom. The fraction of sp³-hybridized carbons (Fsp3) is 0.235. The number of allylic oxidation sites excluding steroid dienone is 1. The first-order chi connectivity index (χ1) is 22.2. The fourth-order valence-corrected chi connectivity index (χ4v) is 6.12. The number of thiazole rings is 1. The van der Waals surface area contributed by atoms with Crippen LogP contribution in [0.4, 0.5) is 16.2 Å². The van der Waals surface area contributed by atoms with Gasteiger partial charge in [0.15, 0.2) is 0 Å². The third-order valence-corrected chi connectivity index (χ3v) is 8.54. The molecule has 3 amide bonds. The number of aromatic nitrogens is 1. The highest BCUT2D eigenvalue weighted by molar-refractivity contribution is 7.13. The maximum absolute atomic E-state index is 12.5. The number of piperazine rings is 1. The third-order valence-electron chi connectivity index (χ3n) is 7.36. The summed E-state index contributed by atoms with van der Waals surface area (Å²) in [5.41, 5.74) is 8.16. The number of urea groups is 1. The van der Waals surface area contributed by atoms with E-state index < -0.39 is 0 Å². The van der Waals surface area contributed by atoms with Gasteiger partial charge in [-0.25, -0.2) is 15.2 Å². The van der Waals surface area contributed by atoms with Gasteiger partial charge in [-0.15, -0.1) is 30.3 Å². The Bertz CT molecular complexity index is 1720. The van der Waals surface area contributed by atoms with E-state index in [2.05, 4.69) is 42.9 Å². The minimum Gasteiger partial charge on any atom is -0.507 e. The Balaban J connectivity index is 0.00000500. The number of hydrogen-bond donors (Lipinski definition) is 4. The molecule has 5 rings (SSSR count). The van der Waals surface area contributed by atoms with E-state index in [1.807, 2.05) is 43.3 Å². The quantitative estimate of drug-likeness (QED) is 0.0804. The summed E-state index contributed by atoms with van der Waals surface area (Å²) in [6.45, 7) is 9.83. The van der Waals surface area contributed by atoms with Gasteiger partial charge in [-0.05, 0) is 73.0 Å². The lowest BCUT2D eigenvalue weighted by molar-refractivity contribution is -0.122. The van der Waals surface area contributed by atoms with Crippen LogP contribution in [0.3, 0.4) is 0 Å². The molecule has 10 nitrogen and oxygen atoms in total. The average molecular weight is 695 g/mol. The number of hydrazone groups is 1. The molecule has 1 saturated heterocycles. The predicted molar refractivity (Wildman–Crippen MR) is 193 cm³/mol. The van der Waals surface area contributed by atoms with Crippen LogP contribution in [0.25, 0.3) is 10.6 Å². The van der Waals surface area contributed by atoms with Crippen LogP contribution < -0.4 is 16.1 Å². The van der Waals surface area contributed by atoms with Crippen LogP contribution in [0.15, 0.2) is 83.8 Å². The molecule has 3 aromatic carbocycles. The number of nitrogens with zero attached hydrogens (tertiary/aromatic N) is 4. The summed E-state index contributed by atoms with van der Waals surface area (Å²) in [5, 5.41) is 23.6. The first-order valence-electron chi connectivity index (χ1n) is 14.8. The fourth-order valence-electron chi connectivity index (χ4n) is 5.11. The summed E-state index contributed by atoms with van der Waals surface area (Å²) in [6.07, 6.45) is 3.76. The van der Waals surface area contributed by atoms with Crippen LogP contribution in [0.1, 0.15) is 22.4 Å². The molecule has 0 unspecified atom stereocenters. The van der Waals surface area contributed by atoms with Gasteiger partial charge in [0.25, 0.3) is 5.91 Å². The summed E-state index contributed by atoms with van der Waals surface area (Å²) in [7, 11) is 0. The molecule has 2 heterocycles. The van der Waals surface area contributed by atoms with Crippen molar-refractivity contribution in [2.75, 3.05) is 43.4 Å². The lowest BCUT2D eigenvalue weighted by atomic mass is 10.0. The minimum atomic E-state index is -0.349. The molecule has 0 atom stereocenters. The highest BCUT2D eigenvalue weighted by Gasteiger charge is 2.20. The van der Waals surface area contributed by atoms with Crippen LogP contribution in [-0.4, -0.2) is 70.8 Å². The van der Waals surface area contributed by atoms with E-state index in [1.165, 1.54) is 6.21 Å². The number of halogens is 2. The van der Waals surface area contributed by atoms with Crippen molar-refractivity contribution in [3.8, 4) is 16.3 Å². The van der Waals surface area contributed by atoms with Crippen molar-refractivity contribution in [2.24, 2.45) is 5.10 Å². The summed E-state index contributed by atoms with van der Waals surface area (Å²) in [6, 6.07) is 17.9. The number of anilines is 2. The molecular formula is C34H37Cl2N7O3S. The highest BCUT2D eigenvalue weighted by atomic mass is 35.5. The van der Waals surface area contributed by atoms with E-state index >= 15 is 0 Å². The maximum atomic E-state index is 12.5. The van der Waals surface area contributed by atoms with Crippen LogP contribution in [0.2, 0.25) is 5.02 Å². The minimum absolute atomic E-state index is 0. The Labute approximate surface area is 289 Å². The van der Waals surface area contributed by atoms with Gasteiger partial charge in [0.2, 0.25) is 0 Å². The number of nitrogens with one attached hydrogen (secondary N) is 3. The monoisotopic (exact) mass is 693 g/mol. The highest BCUT2D eigenvalue weighted by Crippen LogP contribution is 2.27. The second-order valence-electron chi connectivity index (χ2n) is 11.0. The van der Waals surface area contributed by atoms with Crippen molar-refractivity contribution in [3.63, 3.8) is 0 Å². The van der Waals surface area contributed by atoms with E-state index in [4.69, 9.17) is 16.6 Å². The second-order valence-corrected chi connectivity index (χ2v) is 12.3. The molecule has 1 aliphatic rings. The molecule has 0 bridgehead atoms. The van der Waals surface area contributed by atoms with Crippen LogP contribution >= 0.6 is 35.3 Å². The van der Waals surface area contributed by atoms with Gasteiger partial charge in [0.1, 0.15) is 10.8 Å². The van der Waals surface area contributed by atoms with Crippen LogP contribution in [-0.2, 0) is 17.8 Å². The van der Waals surface area contributed by atoms with Crippen LogP contribution in [0, 0.1) is 6.92 Å². The molecule has 246 valence electrons. The smallest absolute Gasteiger partial charge is 0.323 e. The molecule has 1 aliphatic heterocycles. The first kappa shape index (κ1) is 35.6. The Morgan fingerprint density at radius 3 is 2.49 bits per heavy atom. The Morgan fingerprint density at radius 2 is 1.77 bits per heavy atom.